The van der Waals surface area contributed by atoms with E-state index in [1.807, 2.05) is 0 Å². The fourth-order valence-electron chi connectivity index (χ4n) is 2.01. The molecule has 0 bridgehead atoms. The van der Waals surface area contributed by atoms with Gasteiger partial charge in [-0.05, 0) is 36.8 Å². The zero-order valence-electron chi connectivity index (χ0n) is 11.7. The highest BCUT2D eigenvalue weighted by molar-refractivity contribution is 5.94. The fourth-order valence-corrected chi connectivity index (χ4v) is 2.01. The van der Waals surface area contributed by atoms with Crippen molar-refractivity contribution < 1.29 is 18.7 Å². The van der Waals surface area contributed by atoms with Crippen LogP contribution >= 0.6 is 0 Å². The molecule has 1 N–H and O–H groups in total. The summed E-state index contributed by atoms with van der Waals surface area (Å²) < 4.78 is 26.5. The van der Waals surface area contributed by atoms with Crippen LogP contribution in [0.5, 0.6) is 5.75 Å². The zero-order chi connectivity index (χ0) is 15.6. The van der Waals surface area contributed by atoms with E-state index in [4.69, 9.17) is 0 Å². The van der Waals surface area contributed by atoms with E-state index < -0.39 is 17.5 Å². The molecule has 110 valence electrons. The molecule has 0 fully saturated rings. The molecule has 0 aliphatic rings. The minimum absolute atomic E-state index is 0.129. The van der Waals surface area contributed by atoms with E-state index in [1.54, 1.807) is 26.1 Å². The van der Waals surface area contributed by atoms with Gasteiger partial charge in [-0.25, -0.2) is 8.78 Å². The van der Waals surface area contributed by atoms with Gasteiger partial charge < -0.3 is 10.0 Å². The van der Waals surface area contributed by atoms with Crippen molar-refractivity contribution >= 4 is 5.91 Å². The number of carbonyl (C=O) groups excluding carboxylic acids is 1. The van der Waals surface area contributed by atoms with Crippen molar-refractivity contribution in [3.8, 4) is 5.75 Å². The molecule has 0 aromatic heterocycles. The topological polar surface area (TPSA) is 40.5 Å². The van der Waals surface area contributed by atoms with Gasteiger partial charge in [0, 0.05) is 13.1 Å². The van der Waals surface area contributed by atoms with Crippen LogP contribution in [0.15, 0.2) is 42.5 Å². The Labute approximate surface area is 121 Å². The smallest absolute Gasteiger partial charge is 0.257 e. The Balaban J connectivity index is 2.24. The van der Waals surface area contributed by atoms with Gasteiger partial charge in [0.1, 0.15) is 17.4 Å². The van der Waals surface area contributed by atoms with Gasteiger partial charge in [-0.2, -0.15) is 0 Å². The molecule has 0 aliphatic heterocycles. The van der Waals surface area contributed by atoms with Crippen molar-refractivity contribution in [1.82, 2.24) is 4.90 Å². The first kappa shape index (κ1) is 15.0. The summed E-state index contributed by atoms with van der Waals surface area (Å²) in [6.45, 7) is 1.78. The van der Waals surface area contributed by atoms with E-state index in [0.717, 1.165) is 17.7 Å². The Morgan fingerprint density at radius 3 is 2.33 bits per heavy atom. The number of halogens is 2. The van der Waals surface area contributed by atoms with E-state index >= 15 is 0 Å². The highest BCUT2D eigenvalue weighted by Gasteiger charge is 2.21. The predicted octanol–water partition coefficient (Wildman–Crippen LogP) is 3.50. The molecule has 1 atom stereocenters. The van der Waals surface area contributed by atoms with Crippen molar-refractivity contribution in [3.63, 3.8) is 0 Å². The maximum Gasteiger partial charge on any atom is 0.257 e. The lowest BCUT2D eigenvalue weighted by molar-refractivity contribution is 0.0738. The summed E-state index contributed by atoms with van der Waals surface area (Å²) in [5, 5.41) is 9.26. The zero-order valence-corrected chi connectivity index (χ0v) is 11.7. The molecule has 0 saturated carbocycles. The summed E-state index contributed by atoms with van der Waals surface area (Å²) in [6, 6.07) is 8.96. The van der Waals surface area contributed by atoms with Crippen molar-refractivity contribution in [3.05, 3.63) is 65.2 Å². The first-order chi connectivity index (χ1) is 9.90. The summed E-state index contributed by atoms with van der Waals surface area (Å²) >= 11 is 0. The summed E-state index contributed by atoms with van der Waals surface area (Å²) in [7, 11) is 1.54. The van der Waals surface area contributed by atoms with Crippen molar-refractivity contribution in [2.24, 2.45) is 0 Å². The Bertz CT molecular complexity index is 656. The largest absolute Gasteiger partial charge is 0.508 e. The number of phenolic OH excluding ortho intramolecular Hbond substituents is 1. The minimum Gasteiger partial charge on any atom is -0.508 e. The molecular formula is C16H15F2NO2. The Kier molecular flexibility index (Phi) is 4.21. The van der Waals surface area contributed by atoms with Crippen LogP contribution in [0.4, 0.5) is 8.78 Å². The van der Waals surface area contributed by atoms with Crippen LogP contribution in [-0.2, 0) is 0 Å². The lowest BCUT2D eigenvalue weighted by Crippen LogP contribution is -2.30. The molecular weight excluding hydrogens is 276 g/mol. The molecule has 0 spiro atoms. The number of carbonyl (C=O) groups is 1. The van der Waals surface area contributed by atoms with Gasteiger partial charge in [0.05, 0.1) is 11.6 Å². The van der Waals surface area contributed by atoms with E-state index in [9.17, 15) is 18.7 Å². The third-order valence-electron chi connectivity index (χ3n) is 3.44. The number of hydrogen-bond donors (Lipinski definition) is 1. The van der Waals surface area contributed by atoms with Crippen LogP contribution in [-0.4, -0.2) is 23.0 Å². The molecule has 5 heteroatoms. The molecule has 0 saturated heterocycles. The second-order valence-corrected chi connectivity index (χ2v) is 4.81. The van der Waals surface area contributed by atoms with Crippen LogP contribution in [0.1, 0.15) is 28.9 Å². The summed E-state index contributed by atoms with van der Waals surface area (Å²) in [5.41, 5.74) is 0.621. The van der Waals surface area contributed by atoms with Crippen LogP contribution in [0.25, 0.3) is 0 Å². The number of amides is 1. The van der Waals surface area contributed by atoms with Gasteiger partial charge in [0.15, 0.2) is 0 Å². The van der Waals surface area contributed by atoms with Crippen molar-refractivity contribution in [2.45, 2.75) is 13.0 Å². The van der Waals surface area contributed by atoms with Crippen LogP contribution in [0.3, 0.4) is 0 Å². The maximum atomic E-state index is 13.7. The molecule has 0 aliphatic carbocycles. The van der Waals surface area contributed by atoms with Crippen molar-refractivity contribution in [2.75, 3.05) is 7.05 Å². The number of rotatable bonds is 3. The second-order valence-electron chi connectivity index (χ2n) is 4.81. The van der Waals surface area contributed by atoms with E-state index in [2.05, 4.69) is 0 Å². The molecule has 1 unspecified atom stereocenters. The molecule has 0 heterocycles. The van der Waals surface area contributed by atoms with Gasteiger partial charge in [-0.1, -0.05) is 12.1 Å². The minimum atomic E-state index is -0.884. The van der Waals surface area contributed by atoms with Gasteiger partial charge in [-0.3, -0.25) is 4.79 Å². The average Bonchev–Trinajstić information content (AvgIpc) is 2.46. The van der Waals surface area contributed by atoms with Gasteiger partial charge in [0.25, 0.3) is 5.91 Å². The standard InChI is InChI=1S/C16H15F2NO2/c1-10(11-3-6-13(20)7-4-11)19(2)16(21)14-8-5-12(17)9-15(14)18/h3-10,20H,1-2H3. The van der Waals surface area contributed by atoms with Gasteiger partial charge in [-0.15, -0.1) is 0 Å². The normalized spacial score (nSPS) is 12.0. The Hall–Kier alpha value is -2.43. The molecule has 2 rings (SSSR count). The number of benzene rings is 2. The Morgan fingerprint density at radius 1 is 1.14 bits per heavy atom. The second kappa shape index (κ2) is 5.91. The van der Waals surface area contributed by atoms with E-state index in [0.29, 0.717) is 6.07 Å². The van der Waals surface area contributed by atoms with Gasteiger partial charge in [0.2, 0.25) is 0 Å². The maximum absolute atomic E-state index is 13.7. The first-order valence-electron chi connectivity index (χ1n) is 6.41. The number of nitrogens with zero attached hydrogens (tertiary/aromatic N) is 1. The first-order valence-corrected chi connectivity index (χ1v) is 6.41. The average molecular weight is 291 g/mol. The Morgan fingerprint density at radius 2 is 1.76 bits per heavy atom. The van der Waals surface area contributed by atoms with Gasteiger partial charge >= 0.3 is 0 Å². The summed E-state index contributed by atoms with van der Waals surface area (Å²) in [4.78, 5) is 13.6. The molecule has 1 amide bonds. The van der Waals surface area contributed by atoms with Crippen molar-refractivity contribution in [1.29, 1.82) is 0 Å². The third kappa shape index (κ3) is 3.18. The lowest BCUT2D eigenvalue weighted by atomic mass is 10.1. The summed E-state index contributed by atoms with van der Waals surface area (Å²) in [6.07, 6.45) is 0. The fraction of sp³-hybridized carbons (Fsp3) is 0.188. The van der Waals surface area contributed by atoms with Crippen LogP contribution in [0, 0.1) is 11.6 Å². The number of phenols is 1. The highest BCUT2D eigenvalue weighted by Crippen LogP contribution is 2.23. The predicted molar refractivity (Wildman–Crippen MR) is 75.0 cm³/mol. The quantitative estimate of drug-likeness (QED) is 0.940. The highest BCUT2D eigenvalue weighted by atomic mass is 19.1. The molecule has 2 aromatic carbocycles. The molecule has 3 nitrogen and oxygen atoms in total. The van der Waals surface area contributed by atoms with Crippen LogP contribution in [0.2, 0.25) is 0 Å². The van der Waals surface area contributed by atoms with E-state index in [-0.39, 0.29) is 17.4 Å². The monoisotopic (exact) mass is 291 g/mol. The third-order valence-corrected chi connectivity index (χ3v) is 3.44. The van der Waals surface area contributed by atoms with Crippen LogP contribution < -0.4 is 0 Å². The molecule has 21 heavy (non-hydrogen) atoms. The number of hydrogen-bond acceptors (Lipinski definition) is 2. The number of aromatic hydroxyl groups is 1. The molecule has 0 radical (unpaired) electrons. The van der Waals surface area contributed by atoms with E-state index in [1.165, 1.54) is 17.0 Å². The summed E-state index contributed by atoms with van der Waals surface area (Å²) in [5.74, 6) is -2.01. The molecule has 2 aromatic rings. The lowest BCUT2D eigenvalue weighted by Gasteiger charge is -2.25. The SMILES string of the molecule is CC(c1ccc(O)cc1)N(C)C(=O)c1ccc(F)cc1F.